The molecule has 0 saturated carbocycles. The van der Waals surface area contributed by atoms with Crippen LogP contribution in [0.2, 0.25) is 0 Å². The Balaban J connectivity index is 1.90. The van der Waals surface area contributed by atoms with E-state index in [0.29, 0.717) is 18.1 Å². The van der Waals surface area contributed by atoms with Crippen molar-refractivity contribution in [1.82, 2.24) is 0 Å². The van der Waals surface area contributed by atoms with E-state index in [2.05, 4.69) is 5.32 Å². The number of nitrogens with one attached hydrogen (secondary N) is 1. The molecule has 0 aliphatic heterocycles. The van der Waals surface area contributed by atoms with Gasteiger partial charge in [0.05, 0.1) is 11.5 Å². The highest BCUT2D eigenvalue weighted by Crippen LogP contribution is 2.17. The first-order chi connectivity index (χ1) is 9.29. The van der Waals surface area contributed by atoms with Crippen LogP contribution in [0.5, 0.6) is 5.75 Å². The second kappa shape index (κ2) is 6.92. The number of amides is 1. The van der Waals surface area contributed by atoms with Crippen LogP contribution in [0.25, 0.3) is 0 Å². The molecule has 1 aromatic carbocycles. The second-order valence-electron chi connectivity index (χ2n) is 3.80. The molecule has 2 rings (SSSR count). The maximum atomic E-state index is 11.8. The fraction of sp³-hybridized carbons (Fsp3) is 0.214. The van der Waals surface area contributed by atoms with Gasteiger partial charge in [0.2, 0.25) is 0 Å². The molecule has 19 heavy (non-hydrogen) atoms. The van der Waals surface area contributed by atoms with E-state index in [9.17, 15) is 4.79 Å². The van der Waals surface area contributed by atoms with Gasteiger partial charge in [-0.2, -0.15) is 0 Å². The molecule has 0 bridgehead atoms. The monoisotopic (exact) mass is 277 g/mol. The summed E-state index contributed by atoms with van der Waals surface area (Å²) in [4.78, 5) is 12.5. The largest absolute Gasteiger partial charge is 0.491 e. The average molecular weight is 277 g/mol. The Kier molecular flexibility index (Phi) is 4.94. The molecular weight excluding hydrogens is 262 g/mol. The van der Waals surface area contributed by atoms with E-state index in [0.717, 1.165) is 11.4 Å². The van der Waals surface area contributed by atoms with E-state index in [4.69, 9.17) is 9.47 Å². The van der Waals surface area contributed by atoms with E-state index in [-0.39, 0.29) is 5.91 Å². The SMILES string of the molecule is COCCOc1ccc(NC(=O)c2cccs2)cc1. The van der Waals surface area contributed by atoms with Gasteiger partial charge in [-0.25, -0.2) is 0 Å². The summed E-state index contributed by atoms with van der Waals surface area (Å²) in [6.45, 7) is 1.06. The number of methoxy groups -OCH3 is 1. The van der Waals surface area contributed by atoms with Crippen LogP contribution in [0.1, 0.15) is 9.67 Å². The van der Waals surface area contributed by atoms with Crippen molar-refractivity contribution >= 4 is 22.9 Å². The lowest BCUT2D eigenvalue weighted by Crippen LogP contribution is -2.10. The van der Waals surface area contributed by atoms with Crippen molar-refractivity contribution in [3.05, 3.63) is 46.7 Å². The summed E-state index contributed by atoms with van der Waals surface area (Å²) in [7, 11) is 1.63. The topological polar surface area (TPSA) is 47.6 Å². The van der Waals surface area contributed by atoms with Gasteiger partial charge in [-0.15, -0.1) is 11.3 Å². The van der Waals surface area contributed by atoms with Gasteiger partial charge in [0.15, 0.2) is 0 Å². The number of rotatable bonds is 6. The number of hydrogen-bond donors (Lipinski definition) is 1. The Hall–Kier alpha value is -1.85. The molecule has 2 aromatic rings. The van der Waals surface area contributed by atoms with E-state index < -0.39 is 0 Å². The molecule has 0 saturated heterocycles. The lowest BCUT2D eigenvalue weighted by Gasteiger charge is -2.07. The number of carbonyl (C=O) groups excluding carboxylic acids is 1. The minimum Gasteiger partial charge on any atom is -0.491 e. The third-order valence-corrected chi connectivity index (χ3v) is 3.28. The third kappa shape index (κ3) is 4.08. The Morgan fingerprint density at radius 2 is 2.00 bits per heavy atom. The van der Waals surface area contributed by atoms with Gasteiger partial charge in [-0.1, -0.05) is 6.07 Å². The van der Waals surface area contributed by atoms with Crippen molar-refractivity contribution in [1.29, 1.82) is 0 Å². The molecule has 0 aliphatic carbocycles. The number of carbonyl (C=O) groups is 1. The van der Waals surface area contributed by atoms with Crippen molar-refractivity contribution < 1.29 is 14.3 Å². The van der Waals surface area contributed by atoms with Crippen LogP contribution in [0.4, 0.5) is 5.69 Å². The zero-order valence-corrected chi connectivity index (χ0v) is 11.4. The second-order valence-corrected chi connectivity index (χ2v) is 4.74. The average Bonchev–Trinajstić information content (AvgIpc) is 2.95. The van der Waals surface area contributed by atoms with Gasteiger partial charge in [0.1, 0.15) is 12.4 Å². The molecule has 0 unspecified atom stereocenters. The van der Waals surface area contributed by atoms with Gasteiger partial charge < -0.3 is 14.8 Å². The first-order valence-corrected chi connectivity index (χ1v) is 6.74. The molecule has 1 amide bonds. The number of ether oxygens (including phenoxy) is 2. The molecule has 1 aromatic heterocycles. The van der Waals surface area contributed by atoms with Crippen LogP contribution in [-0.4, -0.2) is 26.2 Å². The quantitative estimate of drug-likeness (QED) is 0.826. The molecule has 1 N–H and O–H groups in total. The maximum absolute atomic E-state index is 11.8. The van der Waals surface area contributed by atoms with Crippen molar-refractivity contribution in [3.63, 3.8) is 0 Å². The lowest BCUT2D eigenvalue weighted by atomic mass is 10.3. The van der Waals surface area contributed by atoms with E-state index in [1.165, 1.54) is 11.3 Å². The van der Waals surface area contributed by atoms with Crippen LogP contribution < -0.4 is 10.1 Å². The fourth-order valence-corrected chi connectivity index (χ4v) is 2.10. The summed E-state index contributed by atoms with van der Waals surface area (Å²) in [6, 6.07) is 10.9. The Morgan fingerprint density at radius 1 is 1.21 bits per heavy atom. The van der Waals surface area contributed by atoms with Crippen LogP contribution >= 0.6 is 11.3 Å². The van der Waals surface area contributed by atoms with Gasteiger partial charge in [0, 0.05) is 12.8 Å². The molecule has 0 radical (unpaired) electrons. The summed E-state index contributed by atoms with van der Waals surface area (Å²) < 4.78 is 10.3. The van der Waals surface area contributed by atoms with Crippen LogP contribution in [0.15, 0.2) is 41.8 Å². The molecule has 1 heterocycles. The Labute approximate surface area is 116 Å². The molecule has 0 atom stereocenters. The molecule has 4 nitrogen and oxygen atoms in total. The summed E-state index contributed by atoms with van der Waals surface area (Å²) in [6.07, 6.45) is 0. The summed E-state index contributed by atoms with van der Waals surface area (Å²) >= 11 is 1.42. The van der Waals surface area contributed by atoms with Crippen molar-refractivity contribution in [3.8, 4) is 5.75 Å². The molecule has 100 valence electrons. The van der Waals surface area contributed by atoms with Gasteiger partial charge in [-0.05, 0) is 35.7 Å². The van der Waals surface area contributed by atoms with Crippen LogP contribution in [-0.2, 0) is 4.74 Å². The maximum Gasteiger partial charge on any atom is 0.265 e. The standard InChI is InChI=1S/C14H15NO3S/c1-17-8-9-18-12-6-4-11(5-7-12)15-14(16)13-3-2-10-19-13/h2-7,10H,8-9H2,1H3,(H,15,16). The molecule has 0 spiro atoms. The van der Waals surface area contributed by atoms with E-state index in [1.807, 2.05) is 35.7 Å². The van der Waals surface area contributed by atoms with Crippen LogP contribution in [0, 0.1) is 0 Å². The number of thiophene rings is 1. The highest BCUT2D eigenvalue weighted by Gasteiger charge is 2.06. The Morgan fingerprint density at radius 3 is 2.63 bits per heavy atom. The fourth-order valence-electron chi connectivity index (χ4n) is 1.48. The van der Waals surface area contributed by atoms with E-state index in [1.54, 1.807) is 13.2 Å². The number of benzene rings is 1. The van der Waals surface area contributed by atoms with Gasteiger partial charge in [0.25, 0.3) is 5.91 Å². The molecule has 0 aliphatic rings. The number of anilines is 1. The van der Waals surface area contributed by atoms with Gasteiger partial charge in [-0.3, -0.25) is 4.79 Å². The van der Waals surface area contributed by atoms with Crippen molar-refractivity contribution in [2.24, 2.45) is 0 Å². The Bertz CT molecular complexity index is 508. The summed E-state index contributed by atoms with van der Waals surface area (Å²) in [5.41, 5.74) is 0.748. The van der Waals surface area contributed by atoms with Crippen LogP contribution in [0.3, 0.4) is 0 Å². The summed E-state index contributed by atoms with van der Waals surface area (Å²) in [5.74, 6) is 0.661. The smallest absolute Gasteiger partial charge is 0.265 e. The minimum atomic E-state index is -0.0944. The predicted molar refractivity (Wildman–Crippen MR) is 76.1 cm³/mol. The lowest BCUT2D eigenvalue weighted by molar-refractivity contribution is 0.103. The minimum absolute atomic E-state index is 0.0944. The first kappa shape index (κ1) is 13.6. The number of hydrogen-bond acceptors (Lipinski definition) is 4. The highest BCUT2D eigenvalue weighted by atomic mass is 32.1. The van der Waals surface area contributed by atoms with Crippen molar-refractivity contribution in [2.45, 2.75) is 0 Å². The molecule has 0 fully saturated rings. The predicted octanol–water partition coefficient (Wildman–Crippen LogP) is 3.03. The first-order valence-electron chi connectivity index (χ1n) is 5.86. The normalized spacial score (nSPS) is 10.2. The third-order valence-electron chi connectivity index (χ3n) is 2.41. The van der Waals surface area contributed by atoms with Gasteiger partial charge >= 0.3 is 0 Å². The zero-order chi connectivity index (χ0) is 13.5. The molecule has 5 heteroatoms. The van der Waals surface area contributed by atoms with E-state index >= 15 is 0 Å². The zero-order valence-electron chi connectivity index (χ0n) is 10.6. The highest BCUT2D eigenvalue weighted by molar-refractivity contribution is 7.12. The molecular formula is C14H15NO3S. The van der Waals surface area contributed by atoms with Crippen molar-refractivity contribution in [2.75, 3.05) is 25.6 Å². The summed E-state index contributed by atoms with van der Waals surface area (Å²) in [5, 5.41) is 4.71.